The lowest BCUT2D eigenvalue weighted by Gasteiger charge is -2.26. The van der Waals surface area contributed by atoms with Crippen LogP contribution in [0.4, 0.5) is 10.1 Å². The molecule has 1 heterocycles. The predicted octanol–water partition coefficient (Wildman–Crippen LogP) is 2.45. The van der Waals surface area contributed by atoms with Gasteiger partial charge in [-0.25, -0.2) is 14.1 Å². The van der Waals surface area contributed by atoms with Crippen LogP contribution in [-0.4, -0.2) is 14.8 Å². The van der Waals surface area contributed by atoms with Crippen LogP contribution in [-0.2, 0) is 5.79 Å². The van der Waals surface area contributed by atoms with Crippen LogP contribution in [0.3, 0.4) is 0 Å². The van der Waals surface area contributed by atoms with Gasteiger partial charge in [-0.15, -0.1) is 0 Å². The molecule has 2 aromatic carbocycles. The normalized spacial score (nSPS) is 13.3. The molecule has 0 aliphatic heterocycles. The van der Waals surface area contributed by atoms with Gasteiger partial charge < -0.3 is 5.73 Å². The molecule has 3 rings (SSSR count). The quantitative estimate of drug-likeness (QED) is 0.752. The molecule has 0 radical (unpaired) electrons. The van der Waals surface area contributed by atoms with Crippen molar-refractivity contribution in [3.63, 3.8) is 0 Å². The van der Waals surface area contributed by atoms with Crippen molar-refractivity contribution in [2.45, 2.75) is 5.79 Å². The fourth-order valence-corrected chi connectivity index (χ4v) is 2.27. The number of benzene rings is 2. The molecule has 108 valence electrons. The Hall–Kier alpha value is -3.20. The molecular formula is C16H12FN5. The average molecular weight is 293 g/mol. The van der Waals surface area contributed by atoms with E-state index in [0.29, 0.717) is 22.4 Å². The van der Waals surface area contributed by atoms with Crippen molar-refractivity contribution < 1.29 is 4.39 Å². The van der Waals surface area contributed by atoms with Gasteiger partial charge in [0.25, 0.3) is 5.79 Å². The highest BCUT2D eigenvalue weighted by Crippen LogP contribution is 2.35. The molecular weight excluding hydrogens is 281 g/mol. The molecule has 0 saturated heterocycles. The predicted molar refractivity (Wildman–Crippen MR) is 79.3 cm³/mol. The van der Waals surface area contributed by atoms with Crippen molar-refractivity contribution in [1.82, 2.24) is 14.8 Å². The van der Waals surface area contributed by atoms with Crippen molar-refractivity contribution in [3.8, 4) is 6.07 Å². The summed E-state index contributed by atoms with van der Waals surface area (Å²) in [6, 6.07) is 14.8. The van der Waals surface area contributed by atoms with Gasteiger partial charge in [0.05, 0.1) is 11.6 Å². The number of anilines is 1. The van der Waals surface area contributed by atoms with Crippen LogP contribution >= 0.6 is 0 Å². The third-order valence-electron chi connectivity index (χ3n) is 3.42. The third-order valence-corrected chi connectivity index (χ3v) is 3.42. The summed E-state index contributed by atoms with van der Waals surface area (Å²) in [6.07, 6.45) is 2.59. The van der Waals surface area contributed by atoms with Gasteiger partial charge in [-0.3, -0.25) is 0 Å². The topological polar surface area (TPSA) is 80.5 Å². The maximum absolute atomic E-state index is 15.9. The Kier molecular flexibility index (Phi) is 3.31. The Morgan fingerprint density at radius 2 is 1.64 bits per heavy atom. The zero-order valence-electron chi connectivity index (χ0n) is 11.5. The number of nitriles is 1. The highest BCUT2D eigenvalue weighted by Gasteiger charge is 2.37. The first-order valence-corrected chi connectivity index (χ1v) is 6.55. The molecule has 1 unspecified atom stereocenters. The second-order valence-corrected chi connectivity index (χ2v) is 4.77. The van der Waals surface area contributed by atoms with Gasteiger partial charge in [0.15, 0.2) is 0 Å². The van der Waals surface area contributed by atoms with Gasteiger partial charge in [-0.2, -0.15) is 10.4 Å². The molecule has 1 atom stereocenters. The molecule has 5 nitrogen and oxygen atoms in total. The summed E-state index contributed by atoms with van der Waals surface area (Å²) in [6.45, 7) is 0. The number of hydrogen-bond acceptors (Lipinski definition) is 4. The maximum atomic E-state index is 15.9. The van der Waals surface area contributed by atoms with E-state index in [4.69, 9.17) is 11.0 Å². The van der Waals surface area contributed by atoms with Crippen LogP contribution in [0.1, 0.15) is 16.7 Å². The summed E-state index contributed by atoms with van der Waals surface area (Å²) >= 11 is 0. The van der Waals surface area contributed by atoms with E-state index in [-0.39, 0.29) is 0 Å². The number of nitrogen functional groups attached to an aromatic ring is 1. The van der Waals surface area contributed by atoms with Crippen molar-refractivity contribution >= 4 is 5.69 Å². The second-order valence-electron chi connectivity index (χ2n) is 4.77. The van der Waals surface area contributed by atoms with Crippen molar-refractivity contribution in [2.24, 2.45) is 0 Å². The number of rotatable bonds is 3. The first-order valence-electron chi connectivity index (χ1n) is 6.55. The summed E-state index contributed by atoms with van der Waals surface area (Å²) in [4.78, 5) is 3.83. The molecule has 22 heavy (non-hydrogen) atoms. The molecule has 0 aliphatic carbocycles. The first-order chi connectivity index (χ1) is 10.6. The third kappa shape index (κ3) is 2.19. The Morgan fingerprint density at radius 1 is 1.05 bits per heavy atom. The monoisotopic (exact) mass is 293 g/mol. The van der Waals surface area contributed by atoms with E-state index >= 15 is 4.39 Å². The molecule has 0 fully saturated rings. The summed E-state index contributed by atoms with van der Waals surface area (Å²) in [5.41, 5.74) is 7.40. The number of hydrogen-bond donors (Lipinski definition) is 1. The van der Waals surface area contributed by atoms with Gasteiger partial charge >= 0.3 is 0 Å². The van der Waals surface area contributed by atoms with E-state index in [9.17, 15) is 0 Å². The molecule has 3 aromatic rings. The Balaban J connectivity index is 2.19. The molecule has 6 heteroatoms. The molecule has 1 aromatic heterocycles. The summed E-state index contributed by atoms with van der Waals surface area (Å²) < 4.78 is 17.1. The van der Waals surface area contributed by atoms with Crippen molar-refractivity contribution in [1.29, 1.82) is 5.26 Å². The van der Waals surface area contributed by atoms with Crippen LogP contribution in [0, 0.1) is 11.3 Å². The number of aromatic nitrogens is 3. The SMILES string of the molecule is N#Cc1ccc(C(F)(c2ccc(N)cc2)n2cncn2)cc1. The van der Waals surface area contributed by atoms with Crippen LogP contribution in [0.25, 0.3) is 0 Å². The fourth-order valence-electron chi connectivity index (χ4n) is 2.27. The molecule has 0 aliphatic rings. The Labute approximate surface area is 126 Å². The minimum absolute atomic E-state index is 0.349. The zero-order chi connectivity index (χ0) is 15.6. The van der Waals surface area contributed by atoms with E-state index in [2.05, 4.69) is 10.1 Å². The van der Waals surface area contributed by atoms with Gasteiger partial charge in [-0.1, -0.05) is 24.3 Å². The summed E-state index contributed by atoms with van der Waals surface area (Å²) in [5.74, 6) is -2.03. The van der Waals surface area contributed by atoms with E-state index < -0.39 is 5.79 Å². The lowest BCUT2D eigenvalue weighted by atomic mass is 9.95. The minimum Gasteiger partial charge on any atom is -0.399 e. The smallest absolute Gasteiger partial charge is 0.254 e. The standard InChI is InChI=1S/C16H12FN5/c17-16(22-11-20-10-21-22,14-5-7-15(19)8-6-14)13-3-1-12(9-18)2-4-13/h1-8,10-11H,19H2. The number of nitrogens with zero attached hydrogens (tertiary/aromatic N) is 4. The van der Waals surface area contributed by atoms with E-state index in [1.807, 2.05) is 6.07 Å². The fraction of sp³-hybridized carbons (Fsp3) is 0.0625. The van der Waals surface area contributed by atoms with Gasteiger partial charge in [-0.05, 0) is 24.3 Å². The maximum Gasteiger partial charge on any atom is 0.254 e. The van der Waals surface area contributed by atoms with E-state index in [1.54, 1.807) is 48.5 Å². The molecule has 2 N–H and O–H groups in total. The average Bonchev–Trinajstić information content (AvgIpc) is 3.10. The Bertz CT molecular complexity index is 803. The highest BCUT2D eigenvalue weighted by molar-refractivity contribution is 5.45. The molecule has 0 spiro atoms. The van der Waals surface area contributed by atoms with Crippen LogP contribution < -0.4 is 5.73 Å². The molecule has 0 saturated carbocycles. The second kappa shape index (κ2) is 5.30. The number of halogens is 1. The first kappa shape index (κ1) is 13.8. The zero-order valence-corrected chi connectivity index (χ0v) is 11.5. The lowest BCUT2D eigenvalue weighted by Crippen LogP contribution is -2.32. The largest absolute Gasteiger partial charge is 0.399 e. The minimum atomic E-state index is -2.03. The lowest BCUT2D eigenvalue weighted by molar-refractivity contribution is 0.157. The molecule has 0 amide bonds. The van der Waals surface area contributed by atoms with E-state index in [0.717, 1.165) is 4.68 Å². The van der Waals surface area contributed by atoms with Gasteiger partial charge in [0.2, 0.25) is 0 Å². The number of nitrogens with two attached hydrogens (primary N) is 1. The molecule has 0 bridgehead atoms. The number of alkyl halides is 1. The summed E-state index contributed by atoms with van der Waals surface area (Å²) in [5, 5.41) is 12.8. The van der Waals surface area contributed by atoms with Gasteiger partial charge in [0, 0.05) is 16.8 Å². The highest BCUT2D eigenvalue weighted by atomic mass is 19.1. The van der Waals surface area contributed by atoms with Crippen LogP contribution in [0.15, 0.2) is 61.2 Å². The van der Waals surface area contributed by atoms with E-state index in [1.165, 1.54) is 12.7 Å². The summed E-state index contributed by atoms with van der Waals surface area (Å²) in [7, 11) is 0. The van der Waals surface area contributed by atoms with Crippen LogP contribution in [0.2, 0.25) is 0 Å². The van der Waals surface area contributed by atoms with Crippen molar-refractivity contribution in [2.75, 3.05) is 5.73 Å². The van der Waals surface area contributed by atoms with Gasteiger partial charge in [0.1, 0.15) is 12.7 Å². The van der Waals surface area contributed by atoms with Crippen LogP contribution in [0.5, 0.6) is 0 Å². The Morgan fingerprint density at radius 3 is 2.14 bits per heavy atom. The van der Waals surface area contributed by atoms with Crippen molar-refractivity contribution in [3.05, 3.63) is 77.9 Å².